The number of rotatable bonds is 10. The molecule has 5 heteroatoms. The van der Waals surface area contributed by atoms with Crippen molar-refractivity contribution in [3.8, 4) is 17.6 Å². The van der Waals surface area contributed by atoms with E-state index in [1.54, 1.807) is 6.08 Å². The lowest BCUT2D eigenvalue weighted by Gasteiger charge is -2.26. The molecule has 0 aliphatic heterocycles. The Morgan fingerprint density at radius 3 is 1.97 bits per heavy atom. The van der Waals surface area contributed by atoms with Crippen molar-refractivity contribution in [1.29, 1.82) is 5.26 Å². The van der Waals surface area contributed by atoms with Crippen LogP contribution in [0.1, 0.15) is 11.1 Å². The number of anilines is 1. The zero-order valence-corrected chi connectivity index (χ0v) is 18.1. The van der Waals surface area contributed by atoms with Gasteiger partial charge in [-0.1, -0.05) is 42.5 Å². The van der Waals surface area contributed by atoms with Gasteiger partial charge in [0.05, 0.1) is 25.7 Å². The summed E-state index contributed by atoms with van der Waals surface area (Å²) in [6.07, 6.45) is 1.62. The lowest BCUT2D eigenvalue weighted by molar-refractivity contribution is 0.303. The average Bonchev–Trinajstić information content (AvgIpc) is 2.83. The van der Waals surface area contributed by atoms with Crippen LogP contribution < -0.4 is 14.4 Å². The molecule has 3 rings (SSSR count). The molecule has 3 aromatic carbocycles. The number of allylic oxidation sites excluding steroid dienone is 1. The number of hydrogen-bond acceptors (Lipinski definition) is 4. The van der Waals surface area contributed by atoms with Crippen molar-refractivity contribution in [1.82, 2.24) is 0 Å². The van der Waals surface area contributed by atoms with Crippen molar-refractivity contribution in [3.63, 3.8) is 0 Å². The Balaban J connectivity index is 1.71. The molecule has 0 aliphatic carbocycles. The second kappa shape index (κ2) is 11.8. The molecular weight excluding hydrogens is 398 g/mol. The van der Waals surface area contributed by atoms with Crippen LogP contribution in [0.4, 0.5) is 5.69 Å². The normalized spacial score (nSPS) is 10.7. The molecule has 0 unspecified atom stereocenters. The summed E-state index contributed by atoms with van der Waals surface area (Å²) in [5, 5.41) is 9.04. The average molecular weight is 424 g/mol. The summed E-state index contributed by atoms with van der Waals surface area (Å²) in [5.74, 6) is 1.68. The van der Waals surface area contributed by atoms with Crippen molar-refractivity contribution in [2.45, 2.75) is 6.92 Å². The number of ether oxygens (including phenoxy) is 2. The summed E-state index contributed by atoms with van der Waals surface area (Å²) in [5.41, 5.74) is 2.97. The first-order chi connectivity index (χ1) is 15.7. The molecule has 0 amide bonds. The third-order valence-corrected chi connectivity index (χ3v) is 4.89. The van der Waals surface area contributed by atoms with Crippen LogP contribution in [0.2, 0.25) is 0 Å². The fourth-order valence-electron chi connectivity index (χ4n) is 3.21. The zero-order valence-electron chi connectivity index (χ0n) is 18.1. The smallest absolute Gasteiger partial charge is 0.262 e. The maximum absolute atomic E-state index is 9.04. The Kier molecular flexibility index (Phi) is 8.31. The molecule has 5 nitrogen and oxygen atoms in total. The number of nitriles is 1. The lowest BCUT2D eigenvalue weighted by atomic mass is 10.1. The lowest BCUT2D eigenvalue weighted by Crippen LogP contribution is -2.32. The van der Waals surface area contributed by atoms with Crippen LogP contribution >= 0.6 is 0 Å². The molecule has 0 saturated carbocycles. The van der Waals surface area contributed by atoms with E-state index >= 15 is 0 Å². The molecule has 0 N–H and O–H groups in total. The number of hydrogen-bond donors (Lipinski definition) is 0. The minimum atomic E-state index is 0.0743. The van der Waals surface area contributed by atoms with E-state index in [9.17, 15) is 0 Å². The monoisotopic (exact) mass is 423 g/mol. The van der Waals surface area contributed by atoms with Gasteiger partial charge < -0.3 is 14.4 Å². The van der Waals surface area contributed by atoms with Gasteiger partial charge in [-0.05, 0) is 60.5 Å². The van der Waals surface area contributed by atoms with Crippen LogP contribution in [0.5, 0.6) is 11.5 Å². The van der Waals surface area contributed by atoms with Crippen LogP contribution in [-0.4, -0.2) is 26.3 Å². The van der Waals surface area contributed by atoms with E-state index in [2.05, 4.69) is 15.8 Å². The summed E-state index contributed by atoms with van der Waals surface area (Å²) in [6, 6.07) is 27.4. The molecule has 0 bridgehead atoms. The number of benzene rings is 3. The highest BCUT2D eigenvalue weighted by molar-refractivity contribution is 5.65. The summed E-state index contributed by atoms with van der Waals surface area (Å²) in [6.45, 7) is 11.5. The van der Waals surface area contributed by atoms with Gasteiger partial charge in [0.15, 0.2) is 0 Å². The van der Waals surface area contributed by atoms with Gasteiger partial charge in [-0.25, -0.2) is 10.1 Å². The highest BCUT2D eigenvalue weighted by Gasteiger charge is 2.10. The molecule has 0 spiro atoms. The predicted molar refractivity (Wildman–Crippen MR) is 127 cm³/mol. The summed E-state index contributed by atoms with van der Waals surface area (Å²) >= 11 is 0. The third-order valence-electron chi connectivity index (χ3n) is 4.89. The van der Waals surface area contributed by atoms with Crippen LogP contribution in [0.25, 0.3) is 10.9 Å². The molecule has 0 heterocycles. The van der Waals surface area contributed by atoms with Gasteiger partial charge in [0.25, 0.3) is 5.70 Å². The quantitative estimate of drug-likeness (QED) is 0.308. The number of para-hydroxylation sites is 2. The van der Waals surface area contributed by atoms with Crippen molar-refractivity contribution in [2.75, 3.05) is 31.2 Å². The molecule has 3 aromatic rings. The van der Waals surface area contributed by atoms with Crippen molar-refractivity contribution in [3.05, 3.63) is 107 Å². The molecular formula is C27H25N3O2. The number of nitrogens with zero attached hydrogens (tertiary/aromatic N) is 3. The largest absolute Gasteiger partial charge is 0.492 e. The predicted octanol–water partition coefficient (Wildman–Crippen LogP) is 5.74. The minimum absolute atomic E-state index is 0.0743. The fourth-order valence-corrected chi connectivity index (χ4v) is 3.21. The Morgan fingerprint density at radius 2 is 1.50 bits per heavy atom. The van der Waals surface area contributed by atoms with Gasteiger partial charge in [-0.15, -0.1) is 0 Å². The second-order valence-corrected chi connectivity index (χ2v) is 7.10. The van der Waals surface area contributed by atoms with Gasteiger partial charge in [-0.2, -0.15) is 0 Å². The Hall–Kier alpha value is -4.22. The van der Waals surface area contributed by atoms with Gasteiger partial charge in [0, 0.05) is 5.69 Å². The first kappa shape index (κ1) is 22.5. The van der Waals surface area contributed by atoms with E-state index in [4.69, 9.17) is 21.3 Å². The van der Waals surface area contributed by atoms with Crippen molar-refractivity contribution in [2.24, 2.45) is 0 Å². The van der Waals surface area contributed by atoms with Crippen LogP contribution in [-0.2, 0) is 0 Å². The fraction of sp³-hybridized carbons (Fsp3) is 0.185. The van der Waals surface area contributed by atoms with Crippen LogP contribution in [0, 0.1) is 24.8 Å². The summed E-state index contributed by atoms with van der Waals surface area (Å²) in [4.78, 5) is 5.46. The van der Waals surface area contributed by atoms with Crippen LogP contribution in [0.15, 0.2) is 84.6 Å². The first-order valence-corrected chi connectivity index (χ1v) is 10.4. The van der Waals surface area contributed by atoms with E-state index in [0.29, 0.717) is 26.3 Å². The summed E-state index contributed by atoms with van der Waals surface area (Å²) in [7, 11) is 0. The third kappa shape index (κ3) is 6.65. The van der Waals surface area contributed by atoms with Gasteiger partial charge >= 0.3 is 0 Å². The maximum atomic E-state index is 9.04. The SMILES string of the molecule is [C-]#[N+]/C(C#N)=C/c1ccc(N(CCOc2ccccc2)CCOc2ccccc2)cc1C. The molecule has 0 saturated heterocycles. The highest BCUT2D eigenvalue weighted by atomic mass is 16.5. The minimum Gasteiger partial charge on any atom is -0.492 e. The Morgan fingerprint density at radius 1 is 0.938 bits per heavy atom. The van der Waals surface area contributed by atoms with Gasteiger partial charge in [0.2, 0.25) is 0 Å². The molecule has 0 fully saturated rings. The molecule has 0 aromatic heterocycles. The topological polar surface area (TPSA) is 49.9 Å². The maximum Gasteiger partial charge on any atom is 0.262 e. The molecule has 32 heavy (non-hydrogen) atoms. The van der Waals surface area contributed by atoms with E-state index in [1.807, 2.05) is 85.8 Å². The standard InChI is InChI=1S/C27H25N3O2/c1-22-19-25(14-13-23(22)20-24(21-28)29-2)30(15-17-31-26-9-5-3-6-10-26)16-18-32-27-11-7-4-8-12-27/h3-14,19-20H,15-18H2,1H3/b24-20+. The molecule has 0 aliphatic rings. The van der Waals surface area contributed by atoms with E-state index in [1.165, 1.54) is 0 Å². The highest BCUT2D eigenvalue weighted by Crippen LogP contribution is 2.22. The number of aryl methyl sites for hydroxylation is 1. The Labute approximate surface area is 189 Å². The first-order valence-electron chi connectivity index (χ1n) is 10.4. The van der Waals surface area contributed by atoms with E-state index < -0.39 is 0 Å². The summed E-state index contributed by atoms with van der Waals surface area (Å²) < 4.78 is 11.8. The molecule has 0 radical (unpaired) electrons. The molecule has 160 valence electrons. The zero-order chi connectivity index (χ0) is 22.6. The van der Waals surface area contributed by atoms with E-state index in [0.717, 1.165) is 28.3 Å². The van der Waals surface area contributed by atoms with Gasteiger partial charge in [-0.3, -0.25) is 0 Å². The molecule has 0 atom stereocenters. The van der Waals surface area contributed by atoms with Gasteiger partial charge in [0.1, 0.15) is 24.7 Å². The Bertz CT molecular complexity index is 1050. The van der Waals surface area contributed by atoms with Crippen molar-refractivity contribution < 1.29 is 9.47 Å². The van der Waals surface area contributed by atoms with Crippen LogP contribution in [0.3, 0.4) is 0 Å². The second-order valence-electron chi connectivity index (χ2n) is 7.10. The van der Waals surface area contributed by atoms with E-state index in [-0.39, 0.29) is 5.70 Å². The van der Waals surface area contributed by atoms with Crippen molar-refractivity contribution >= 4 is 11.8 Å².